The number of nitrogens with one attached hydrogen (secondary N) is 1. The number of pyridine rings is 1. The molecule has 7 nitrogen and oxygen atoms in total. The molecule has 1 saturated heterocycles. The van der Waals surface area contributed by atoms with Crippen molar-refractivity contribution in [2.45, 2.75) is 13.3 Å². The monoisotopic (exact) mass is 382 g/mol. The molecule has 0 bridgehead atoms. The number of fused-ring (bicyclic) bond motifs is 1. The lowest BCUT2D eigenvalue weighted by Crippen LogP contribution is -2.48. The molecule has 3 heterocycles. The van der Waals surface area contributed by atoms with Crippen LogP contribution in [0.5, 0.6) is 0 Å². The highest BCUT2D eigenvalue weighted by Crippen LogP contribution is 2.28. The molecule has 2 aromatic heterocycles. The van der Waals surface area contributed by atoms with Crippen LogP contribution in [-0.4, -0.2) is 58.7 Å². The van der Waals surface area contributed by atoms with Crippen molar-refractivity contribution in [3.05, 3.63) is 41.5 Å². The molecule has 1 aliphatic rings. The van der Waals surface area contributed by atoms with Crippen LogP contribution in [-0.2, 0) is 11.2 Å². The van der Waals surface area contributed by atoms with Gasteiger partial charge in [-0.1, -0.05) is 36.5 Å². The maximum absolute atomic E-state index is 12.2. The Balaban J connectivity index is 1.42. The number of amides is 1. The predicted molar refractivity (Wildman–Crippen MR) is 108 cm³/mol. The second-order valence-electron chi connectivity index (χ2n) is 6.56. The van der Waals surface area contributed by atoms with Crippen molar-refractivity contribution in [2.24, 2.45) is 0 Å². The quantitative estimate of drug-likeness (QED) is 0.730. The van der Waals surface area contributed by atoms with E-state index in [0.717, 1.165) is 43.8 Å². The van der Waals surface area contributed by atoms with Gasteiger partial charge in [-0.05, 0) is 18.6 Å². The van der Waals surface area contributed by atoms with E-state index in [1.54, 1.807) is 5.51 Å². The van der Waals surface area contributed by atoms with Crippen molar-refractivity contribution in [1.82, 2.24) is 20.1 Å². The molecule has 27 heavy (non-hydrogen) atoms. The molecule has 3 aromatic rings. The predicted octanol–water partition coefficient (Wildman–Crippen LogP) is 2.41. The Hall–Kier alpha value is -2.58. The van der Waals surface area contributed by atoms with E-state index in [1.807, 2.05) is 6.07 Å². The van der Waals surface area contributed by atoms with E-state index in [9.17, 15) is 4.79 Å². The van der Waals surface area contributed by atoms with Gasteiger partial charge in [-0.25, -0.2) is 0 Å². The van der Waals surface area contributed by atoms with Gasteiger partial charge in [-0.3, -0.25) is 20.0 Å². The standard InChI is InChI=1S/C19H22N6OS/c1-2-14-11-17(15-5-3-4-6-16(15)21-14)25-9-7-24(8-10-25)12-18(26)22-19-23-20-13-27-19/h3-6,11,13H,2,7-10,12H2,1H3,(H,22,23,26). The molecule has 0 unspecified atom stereocenters. The van der Waals surface area contributed by atoms with Gasteiger partial charge in [0.15, 0.2) is 0 Å². The second-order valence-corrected chi connectivity index (χ2v) is 7.39. The maximum atomic E-state index is 12.2. The average molecular weight is 382 g/mol. The molecular formula is C19H22N6OS. The van der Waals surface area contributed by atoms with Gasteiger partial charge in [-0.2, -0.15) is 0 Å². The highest BCUT2D eigenvalue weighted by Gasteiger charge is 2.21. The van der Waals surface area contributed by atoms with Gasteiger partial charge >= 0.3 is 0 Å². The van der Waals surface area contributed by atoms with Crippen LogP contribution in [0.15, 0.2) is 35.8 Å². The maximum Gasteiger partial charge on any atom is 0.240 e. The van der Waals surface area contributed by atoms with E-state index in [1.165, 1.54) is 22.4 Å². The molecular weight excluding hydrogens is 360 g/mol. The Labute approximate surface area is 162 Å². The second kappa shape index (κ2) is 7.98. The Morgan fingerprint density at radius 3 is 2.78 bits per heavy atom. The van der Waals surface area contributed by atoms with Crippen LogP contribution in [0.25, 0.3) is 10.9 Å². The molecule has 8 heteroatoms. The summed E-state index contributed by atoms with van der Waals surface area (Å²) in [6, 6.07) is 10.5. The Kier molecular flexibility index (Phi) is 5.26. The first-order chi connectivity index (χ1) is 13.2. The molecule has 1 N–H and O–H groups in total. The summed E-state index contributed by atoms with van der Waals surface area (Å²) in [6.07, 6.45) is 0.920. The molecule has 0 aliphatic carbocycles. The van der Waals surface area contributed by atoms with Crippen molar-refractivity contribution >= 4 is 39.0 Å². The lowest BCUT2D eigenvalue weighted by molar-refractivity contribution is -0.117. The van der Waals surface area contributed by atoms with Crippen molar-refractivity contribution < 1.29 is 4.79 Å². The summed E-state index contributed by atoms with van der Waals surface area (Å²) in [7, 11) is 0. The van der Waals surface area contributed by atoms with Gasteiger partial charge in [0.2, 0.25) is 11.0 Å². The minimum absolute atomic E-state index is 0.0390. The molecule has 0 atom stereocenters. The van der Waals surface area contributed by atoms with Crippen LogP contribution in [0.3, 0.4) is 0 Å². The summed E-state index contributed by atoms with van der Waals surface area (Å²) in [5, 5.41) is 12.1. The number of piperazine rings is 1. The third kappa shape index (κ3) is 4.06. The highest BCUT2D eigenvalue weighted by molar-refractivity contribution is 7.13. The summed E-state index contributed by atoms with van der Waals surface area (Å²) in [5.74, 6) is -0.0390. The zero-order chi connectivity index (χ0) is 18.6. The summed E-state index contributed by atoms with van der Waals surface area (Å²) in [6.45, 7) is 6.00. The third-order valence-corrected chi connectivity index (χ3v) is 5.40. The molecule has 0 spiro atoms. The fourth-order valence-corrected chi connectivity index (χ4v) is 3.85. The molecule has 4 rings (SSSR count). The van der Waals surface area contributed by atoms with Crippen LogP contribution in [0, 0.1) is 0 Å². The number of carbonyl (C=O) groups excluding carboxylic acids is 1. The number of carbonyl (C=O) groups is 1. The number of rotatable bonds is 5. The number of benzene rings is 1. The third-order valence-electron chi connectivity index (χ3n) is 4.80. The van der Waals surface area contributed by atoms with E-state index < -0.39 is 0 Å². The summed E-state index contributed by atoms with van der Waals surface area (Å²) < 4.78 is 0. The Bertz CT molecular complexity index is 921. The minimum Gasteiger partial charge on any atom is -0.368 e. The lowest BCUT2D eigenvalue weighted by atomic mass is 10.1. The van der Waals surface area contributed by atoms with Crippen molar-refractivity contribution in [1.29, 1.82) is 0 Å². The molecule has 1 aromatic carbocycles. The summed E-state index contributed by atoms with van der Waals surface area (Å²) in [5.41, 5.74) is 5.02. The zero-order valence-electron chi connectivity index (χ0n) is 15.3. The topological polar surface area (TPSA) is 74.2 Å². The average Bonchev–Trinajstić information content (AvgIpc) is 3.20. The number of para-hydroxylation sites is 1. The summed E-state index contributed by atoms with van der Waals surface area (Å²) >= 11 is 1.33. The number of aryl methyl sites for hydroxylation is 1. The van der Waals surface area contributed by atoms with Gasteiger partial charge in [-0.15, -0.1) is 10.2 Å². The zero-order valence-corrected chi connectivity index (χ0v) is 16.1. The Morgan fingerprint density at radius 2 is 2.04 bits per heavy atom. The first kappa shape index (κ1) is 17.8. The van der Waals surface area contributed by atoms with Gasteiger partial charge in [0.25, 0.3) is 0 Å². The molecule has 0 saturated carbocycles. The Morgan fingerprint density at radius 1 is 1.22 bits per heavy atom. The normalized spacial score (nSPS) is 15.2. The van der Waals surface area contributed by atoms with E-state index in [0.29, 0.717) is 11.7 Å². The van der Waals surface area contributed by atoms with E-state index in [2.05, 4.69) is 56.5 Å². The summed E-state index contributed by atoms with van der Waals surface area (Å²) in [4.78, 5) is 21.5. The highest BCUT2D eigenvalue weighted by atomic mass is 32.1. The van der Waals surface area contributed by atoms with E-state index >= 15 is 0 Å². The SMILES string of the molecule is CCc1cc(N2CCN(CC(=O)Nc3nncs3)CC2)c2ccccc2n1. The number of hydrogen-bond acceptors (Lipinski definition) is 7. The van der Waals surface area contributed by atoms with Crippen molar-refractivity contribution in [3.8, 4) is 0 Å². The van der Waals surface area contributed by atoms with Crippen LogP contribution in [0.1, 0.15) is 12.6 Å². The van der Waals surface area contributed by atoms with Crippen LogP contribution >= 0.6 is 11.3 Å². The first-order valence-corrected chi connectivity index (χ1v) is 10.0. The smallest absolute Gasteiger partial charge is 0.240 e. The van der Waals surface area contributed by atoms with Crippen LogP contribution in [0.2, 0.25) is 0 Å². The van der Waals surface area contributed by atoms with Crippen molar-refractivity contribution in [3.63, 3.8) is 0 Å². The molecule has 140 valence electrons. The number of anilines is 2. The number of hydrogen-bond donors (Lipinski definition) is 1. The first-order valence-electron chi connectivity index (χ1n) is 9.15. The van der Waals surface area contributed by atoms with E-state index in [4.69, 9.17) is 4.98 Å². The van der Waals surface area contributed by atoms with Gasteiger partial charge in [0, 0.05) is 42.9 Å². The van der Waals surface area contributed by atoms with Crippen molar-refractivity contribution in [2.75, 3.05) is 42.9 Å². The molecule has 1 aliphatic heterocycles. The minimum atomic E-state index is -0.0390. The largest absolute Gasteiger partial charge is 0.368 e. The number of nitrogens with zero attached hydrogens (tertiary/aromatic N) is 5. The van der Waals surface area contributed by atoms with Gasteiger partial charge < -0.3 is 4.90 Å². The molecule has 1 fully saturated rings. The lowest BCUT2D eigenvalue weighted by Gasteiger charge is -2.36. The van der Waals surface area contributed by atoms with E-state index in [-0.39, 0.29) is 5.91 Å². The molecule has 1 amide bonds. The van der Waals surface area contributed by atoms with Crippen LogP contribution in [0.4, 0.5) is 10.8 Å². The molecule has 0 radical (unpaired) electrons. The fourth-order valence-electron chi connectivity index (χ4n) is 3.39. The number of aromatic nitrogens is 3. The fraction of sp³-hybridized carbons (Fsp3) is 0.368. The van der Waals surface area contributed by atoms with Gasteiger partial charge in [0.1, 0.15) is 5.51 Å². The van der Waals surface area contributed by atoms with Gasteiger partial charge in [0.05, 0.1) is 12.1 Å². The van der Waals surface area contributed by atoms with Crippen LogP contribution < -0.4 is 10.2 Å².